The minimum absolute atomic E-state index is 0.267. The van der Waals surface area contributed by atoms with E-state index >= 15 is 0 Å². The largest absolute Gasteiger partial charge is 0.385 e. The number of hydrogen-bond acceptors (Lipinski definition) is 4. The quantitative estimate of drug-likeness (QED) is 0.653. The molecule has 4 nitrogen and oxygen atoms in total. The summed E-state index contributed by atoms with van der Waals surface area (Å²) in [6.45, 7) is 6.69. The van der Waals surface area contributed by atoms with E-state index in [4.69, 9.17) is 15.2 Å². The van der Waals surface area contributed by atoms with Crippen molar-refractivity contribution in [2.24, 2.45) is 5.73 Å². The lowest BCUT2D eigenvalue weighted by molar-refractivity contribution is 0.0562. The van der Waals surface area contributed by atoms with Crippen molar-refractivity contribution in [1.29, 1.82) is 0 Å². The van der Waals surface area contributed by atoms with Gasteiger partial charge in [-0.25, -0.2) is 0 Å². The van der Waals surface area contributed by atoms with Gasteiger partial charge in [-0.15, -0.1) is 0 Å². The van der Waals surface area contributed by atoms with Crippen LogP contribution >= 0.6 is 0 Å². The summed E-state index contributed by atoms with van der Waals surface area (Å²) < 4.78 is 10.6. The zero-order valence-corrected chi connectivity index (χ0v) is 11.4. The third-order valence-corrected chi connectivity index (χ3v) is 3.43. The fourth-order valence-corrected chi connectivity index (χ4v) is 2.48. The third-order valence-electron chi connectivity index (χ3n) is 3.43. The van der Waals surface area contributed by atoms with Crippen molar-refractivity contribution in [3.8, 4) is 0 Å². The highest BCUT2D eigenvalue weighted by Crippen LogP contribution is 2.18. The number of rotatable bonds is 8. The number of nitrogens with zero attached hydrogens (tertiary/aromatic N) is 1. The summed E-state index contributed by atoms with van der Waals surface area (Å²) in [6, 6.07) is 0.815. The molecular formula is C13H28N2O2. The SMILES string of the molecule is COCCCOCCN1CCCCC1C(C)N. The van der Waals surface area contributed by atoms with Crippen LogP contribution in [0.5, 0.6) is 0 Å². The lowest BCUT2D eigenvalue weighted by Gasteiger charge is -2.37. The molecule has 0 aromatic rings. The van der Waals surface area contributed by atoms with Crippen molar-refractivity contribution in [2.75, 3.05) is 40.0 Å². The van der Waals surface area contributed by atoms with E-state index in [1.165, 1.54) is 25.8 Å². The van der Waals surface area contributed by atoms with Crippen LogP contribution in [0.4, 0.5) is 0 Å². The number of piperidine rings is 1. The van der Waals surface area contributed by atoms with Gasteiger partial charge in [-0.2, -0.15) is 0 Å². The van der Waals surface area contributed by atoms with E-state index in [1.807, 2.05) is 0 Å². The summed E-state index contributed by atoms with van der Waals surface area (Å²) in [5, 5.41) is 0. The highest BCUT2D eigenvalue weighted by molar-refractivity contribution is 4.82. The van der Waals surface area contributed by atoms with E-state index in [2.05, 4.69) is 11.8 Å². The van der Waals surface area contributed by atoms with Crippen LogP contribution < -0.4 is 5.73 Å². The second-order valence-electron chi connectivity index (χ2n) is 4.92. The smallest absolute Gasteiger partial charge is 0.0593 e. The Labute approximate surface area is 105 Å². The zero-order chi connectivity index (χ0) is 12.5. The van der Waals surface area contributed by atoms with Gasteiger partial charge in [0.2, 0.25) is 0 Å². The summed E-state index contributed by atoms with van der Waals surface area (Å²) >= 11 is 0. The first kappa shape index (κ1) is 14.9. The number of hydrogen-bond donors (Lipinski definition) is 1. The molecule has 102 valence electrons. The molecule has 0 aromatic heterocycles. The molecule has 0 radical (unpaired) electrons. The molecule has 0 amide bonds. The molecule has 4 heteroatoms. The van der Waals surface area contributed by atoms with Crippen molar-refractivity contribution in [3.63, 3.8) is 0 Å². The predicted molar refractivity (Wildman–Crippen MR) is 70.2 cm³/mol. The van der Waals surface area contributed by atoms with Crippen LogP contribution in [0, 0.1) is 0 Å². The normalized spacial score (nSPS) is 23.8. The van der Waals surface area contributed by atoms with E-state index in [1.54, 1.807) is 7.11 Å². The van der Waals surface area contributed by atoms with Gasteiger partial charge in [0.1, 0.15) is 0 Å². The first-order chi connectivity index (χ1) is 8.25. The van der Waals surface area contributed by atoms with Crippen LogP contribution in [0.3, 0.4) is 0 Å². The Morgan fingerprint density at radius 1 is 1.29 bits per heavy atom. The topological polar surface area (TPSA) is 47.7 Å². The van der Waals surface area contributed by atoms with E-state index in [0.29, 0.717) is 6.04 Å². The van der Waals surface area contributed by atoms with Crippen LogP contribution in [0.2, 0.25) is 0 Å². The van der Waals surface area contributed by atoms with Crippen LogP contribution in [0.25, 0.3) is 0 Å². The lowest BCUT2D eigenvalue weighted by atomic mass is 9.97. The monoisotopic (exact) mass is 244 g/mol. The van der Waals surface area contributed by atoms with Crippen molar-refractivity contribution >= 4 is 0 Å². The standard InChI is InChI=1S/C13H28N2O2/c1-12(14)13-6-3-4-7-15(13)8-11-17-10-5-9-16-2/h12-13H,3-11,14H2,1-2H3. The van der Waals surface area contributed by atoms with Crippen molar-refractivity contribution < 1.29 is 9.47 Å². The fourth-order valence-electron chi connectivity index (χ4n) is 2.48. The molecular weight excluding hydrogens is 216 g/mol. The molecule has 2 atom stereocenters. The fraction of sp³-hybridized carbons (Fsp3) is 1.00. The number of nitrogens with two attached hydrogens (primary N) is 1. The zero-order valence-electron chi connectivity index (χ0n) is 11.4. The molecule has 0 aliphatic carbocycles. The maximum atomic E-state index is 6.03. The Balaban J connectivity index is 2.11. The average molecular weight is 244 g/mol. The second kappa shape index (κ2) is 8.86. The first-order valence-electron chi connectivity index (χ1n) is 6.82. The van der Waals surface area contributed by atoms with Gasteiger partial charge in [-0.1, -0.05) is 6.42 Å². The van der Waals surface area contributed by atoms with Crippen LogP contribution in [-0.4, -0.2) is 57.0 Å². The molecule has 2 unspecified atom stereocenters. The van der Waals surface area contributed by atoms with Crippen molar-refractivity contribution in [1.82, 2.24) is 4.90 Å². The molecule has 2 N–H and O–H groups in total. The molecule has 0 bridgehead atoms. The highest BCUT2D eigenvalue weighted by atomic mass is 16.5. The third kappa shape index (κ3) is 5.82. The molecule has 0 aromatic carbocycles. The van der Waals surface area contributed by atoms with E-state index < -0.39 is 0 Å². The van der Waals surface area contributed by atoms with Gasteiger partial charge in [0, 0.05) is 39.0 Å². The van der Waals surface area contributed by atoms with Crippen molar-refractivity contribution in [3.05, 3.63) is 0 Å². The minimum atomic E-state index is 0.267. The molecule has 1 heterocycles. The Morgan fingerprint density at radius 2 is 2.12 bits per heavy atom. The molecule has 1 saturated heterocycles. The molecule has 1 rings (SSSR count). The Hall–Kier alpha value is -0.160. The van der Waals surface area contributed by atoms with Gasteiger partial charge in [0.05, 0.1) is 6.61 Å². The molecule has 17 heavy (non-hydrogen) atoms. The number of ether oxygens (including phenoxy) is 2. The Morgan fingerprint density at radius 3 is 2.82 bits per heavy atom. The van der Waals surface area contributed by atoms with Gasteiger partial charge in [-0.3, -0.25) is 4.90 Å². The van der Waals surface area contributed by atoms with Gasteiger partial charge < -0.3 is 15.2 Å². The minimum Gasteiger partial charge on any atom is -0.385 e. The van der Waals surface area contributed by atoms with Gasteiger partial charge in [0.25, 0.3) is 0 Å². The summed E-state index contributed by atoms with van der Waals surface area (Å²) in [4.78, 5) is 2.49. The molecule has 1 aliphatic heterocycles. The van der Waals surface area contributed by atoms with E-state index in [-0.39, 0.29) is 6.04 Å². The number of methoxy groups -OCH3 is 1. The second-order valence-corrected chi connectivity index (χ2v) is 4.92. The predicted octanol–water partition coefficient (Wildman–Crippen LogP) is 1.24. The lowest BCUT2D eigenvalue weighted by Crippen LogP contribution is -2.50. The summed E-state index contributed by atoms with van der Waals surface area (Å²) in [6.07, 6.45) is 4.83. The molecule has 0 spiro atoms. The number of likely N-dealkylation sites (tertiary alicyclic amines) is 1. The Bertz CT molecular complexity index is 188. The maximum Gasteiger partial charge on any atom is 0.0593 e. The first-order valence-corrected chi connectivity index (χ1v) is 6.82. The van der Waals surface area contributed by atoms with E-state index in [0.717, 1.165) is 32.8 Å². The van der Waals surface area contributed by atoms with Crippen molar-refractivity contribution in [2.45, 2.75) is 44.7 Å². The van der Waals surface area contributed by atoms with Crippen LogP contribution in [0.15, 0.2) is 0 Å². The van der Waals surface area contributed by atoms with Gasteiger partial charge in [0.15, 0.2) is 0 Å². The highest BCUT2D eigenvalue weighted by Gasteiger charge is 2.24. The van der Waals surface area contributed by atoms with Crippen LogP contribution in [-0.2, 0) is 9.47 Å². The van der Waals surface area contributed by atoms with Gasteiger partial charge in [-0.05, 0) is 32.7 Å². The van der Waals surface area contributed by atoms with E-state index in [9.17, 15) is 0 Å². The maximum absolute atomic E-state index is 6.03. The summed E-state index contributed by atoms with van der Waals surface area (Å²) in [5.74, 6) is 0. The Kier molecular flexibility index (Phi) is 7.77. The van der Waals surface area contributed by atoms with Crippen LogP contribution in [0.1, 0.15) is 32.6 Å². The molecule has 1 fully saturated rings. The molecule has 1 aliphatic rings. The molecule has 0 saturated carbocycles. The average Bonchev–Trinajstić information content (AvgIpc) is 2.34. The van der Waals surface area contributed by atoms with Gasteiger partial charge >= 0.3 is 0 Å². The summed E-state index contributed by atoms with van der Waals surface area (Å²) in [5.41, 5.74) is 6.03. The summed E-state index contributed by atoms with van der Waals surface area (Å²) in [7, 11) is 1.72.